The molecule has 3 rings (SSSR count). The number of aliphatic hydroxyl groups excluding tert-OH is 1. The van der Waals surface area contributed by atoms with Gasteiger partial charge >= 0.3 is 0 Å². The van der Waals surface area contributed by atoms with Crippen LogP contribution in [0.1, 0.15) is 37.2 Å². The maximum Gasteiger partial charge on any atom is 0.132 e. The number of nitrogen functional groups attached to an aromatic ring is 1. The first kappa shape index (κ1) is 10.8. The molecule has 3 N–H and O–H groups in total. The molecule has 4 nitrogen and oxygen atoms in total. The van der Waals surface area contributed by atoms with E-state index >= 15 is 0 Å². The first-order valence-electron chi connectivity index (χ1n) is 6.42. The van der Waals surface area contributed by atoms with E-state index in [-0.39, 0.29) is 6.10 Å². The summed E-state index contributed by atoms with van der Waals surface area (Å²) in [5.41, 5.74) is 7.89. The van der Waals surface area contributed by atoms with E-state index in [9.17, 15) is 5.11 Å². The van der Waals surface area contributed by atoms with E-state index in [2.05, 4.69) is 16.0 Å². The predicted octanol–water partition coefficient (Wildman–Crippen LogP) is 1.50. The van der Waals surface area contributed by atoms with Crippen LogP contribution in [-0.2, 0) is 0 Å². The van der Waals surface area contributed by atoms with E-state index in [0.29, 0.717) is 5.92 Å². The van der Waals surface area contributed by atoms with Crippen molar-refractivity contribution < 1.29 is 5.11 Å². The third-order valence-corrected chi connectivity index (χ3v) is 3.70. The second-order valence-electron chi connectivity index (χ2n) is 5.17. The fraction of sp³-hybridized carbons (Fsp3) is 0.615. The lowest BCUT2D eigenvalue weighted by Crippen LogP contribution is -2.36. The van der Waals surface area contributed by atoms with Crippen LogP contribution in [0.4, 0.5) is 11.5 Å². The van der Waals surface area contributed by atoms with Gasteiger partial charge in [-0.2, -0.15) is 0 Å². The van der Waals surface area contributed by atoms with Gasteiger partial charge in [-0.05, 0) is 43.2 Å². The summed E-state index contributed by atoms with van der Waals surface area (Å²) in [4.78, 5) is 6.80. The fourth-order valence-corrected chi connectivity index (χ4v) is 2.53. The van der Waals surface area contributed by atoms with E-state index in [1.165, 1.54) is 18.4 Å². The summed E-state index contributed by atoms with van der Waals surface area (Å²) in [6, 6.07) is 2.07. The van der Waals surface area contributed by atoms with Gasteiger partial charge < -0.3 is 15.7 Å². The highest BCUT2D eigenvalue weighted by atomic mass is 16.3. The van der Waals surface area contributed by atoms with Crippen molar-refractivity contribution in [1.82, 2.24) is 4.98 Å². The van der Waals surface area contributed by atoms with Crippen LogP contribution in [0, 0.1) is 0 Å². The minimum absolute atomic E-state index is 0.135. The van der Waals surface area contributed by atoms with Crippen molar-refractivity contribution in [1.29, 1.82) is 0 Å². The van der Waals surface area contributed by atoms with Crippen LogP contribution in [0.3, 0.4) is 0 Å². The molecule has 1 saturated carbocycles. The molecule has 0 unspecified atom stereocenters. The molecular weight excluding hydrogens is 214 g/mol. The zero-order valence-corrected chi connectivity index (χ0v) is 9.97. The molecule has 2 fully saturated rings. The lowest BCUT2D eigenvalue weighted by Gasteiger charge is -2.32. The smallest absolute Gasteiger partial charge is 0.132 e. The predicted molar refractivity (Wildman–Crippen MR) is 68.1 cm³/mol. The zero-order valence-electron chi connectivity index (χ0n) is 9.97. The maximum atomic E-state index is 9.54. The van der Waals surface area contributed by atoms with Crippen LogP contribution in [0.15, 0.2) is 12.3 Å². The highest BCUT2D eigenvalue weighted by molar-refractivity contribution is 5.56. The average Bonchev–Trinajstić information content (AvgIpc) is 3.14. The standard InChI is InChI=1S/C13H19N3O/c14-10-7-12(9-1-2-9)13(15-8-10)16-5-3-11(17)4-6-16/h7-9,11,17H,1-6,14H2. The largest absolute Gasteiger partial charge is 0.397 e. The van der Waals surface area contributed by atoms with Gasteiger partial charge in [0.1, 0.15) is 5.82 Å². The monoisotopic (exact) mass is 233 g/mol. The number of aromatic nitrogens is 1. The van der Waals surface area contributed by atoms with Crippen molar-refractivity contribution in [3.8, 4) is 0 Å². The molecule has 2 heterocycles. The molecule has 1 saturated heterocycles. The number of piperidine rings is 1. The lowest BCUT2D eigenvalue weighted by atomic mass is 10.1. The fourth-order valence-electron chi connectivity index (χ4n) is 2.53. The minimum atomic E-state index is -0.135. The summed E-state index contributed by atoms with van der Waals surface area (Å²) in [5.74, 6) is 1.75. The summed E-state index contributed by atoms with van der Waals surface area (Å²) in [6.45, 7) is 1.80. The second-order valence-corrected chi connectivity index (χ2v) is 5.17. The van der Waals surface area contributed by atoms with Gasteiger partial charge in [0.15, 0.2) is 0 Å². The molecule has 1 aromatic heterocycles. The Morgan fingerprint density at radius 2 is 1.94 bits per heavy atom. The second kappa shape index (κ2) is 4.18. The van der Waals surface area contributed by atoms with Gasteiger partial charge in [0.2, 0.25) is 0 Å². The number of hydrogen-bond acceptors (Lipinski definition) is 4. The van der Waals surface area contributed by atoms with Crippen molar-refractivity contribution in [2.45, 2.75) is 37.7 Å². The van der Waals surface area contributed by atoms with Gasteiger partial charge in [-0.3, -0.25) is 0 Å². The number of nitrogens with two attached hydrogens (primary N) is 1. The highest BCUT2D eigenvalue weighted by Crippen LogP contribution is 2.44. The number of nitrogens with zero attached hydrogens (tertiary/aromatic N) is 2. The normalized spacial score (nSPS) is 21.8. The number of pyridine rings is 1. The third-order valence-electron chi connectivity index (χ3n) is 3.70. The van der Waals surface area contributed by atoms with Crippen LogP contribution in [-0.4, -0.2) is 29.3 Å². The van der Waals surface area contributed by atoms with E-state index in [4.69, 9.17) is 5.73 Å². The number of rotatable bonds is 2. The van der Waals surface area contributed by atoms with Crippen molar-refractivity contribution in [2.75, 3.05) is 23.7 Å². The number of hydrogen-bond donors (Lipinski definition) is 2. The molecule has 0 atom stereocenters. The molecule has 0 amide bonds. The van der Waals surface area contributed by atoms with Crippen LogP contribution >= 0.6 is 0 Å². The van der Waals surface area contributed by atoms with Crippen LogP contribution in [0.25, 0.3) is 0 Å². The summed E-state index contributed by atoms with van der Waals surface area (Å²) >= 11 is 0. The Morgan fingerprint density at radius 3 is 2.59 bits per heavy atom. The van der Waals surface area contributed by atoms with Crippen molar-refractivity contribution in [3.05, 3.63) is 17.8 Å². The summed E-state index contributed by atoms with van der Waals surface area (Å²) in [5, 5.41) is 9.54. The molecular formula is C13H19N3O. The quantitative estimate of drug-likeness (QED) is 0.812. The van der Waals surface area contributed by atoms with Crippen molar-refractivity contribution in [3.63, 3.8) is 0 Å². The highest BCUT2D eigenvalue weighted by Gasteiger charge is 2.30. The third kappa shape index (κ3) is 2.22. The van der Waals surface area contributed by atoms with Crippen molar-refractivity contribution >= 4 is 11.5 Å². The van der Waals surface area contributed by atoms with Gasteiger partial charge in [0.05, 0.1) is 18.0 Å². The lowest BCUT2D eigenvalue weighted by molar-refractivity contribution is 0.145. The molecule has 1 aliphatic heterocycles. The molecule has 0 radical (unpaired) electrons. The van der Waals surface area contributed by atoms with Crippen LogP contribution < -0.4 is 10.6 Å². The Kier molecular flexibility index (Phi) is 2.67. The van der Waals surface area contributed by atoms with Gasteiger partial charge in [0, 0.05) is 13.1 Å². The molecule has 0 aromatic carbocycles. The van der Waals surface area contributed by atoms with E-state index in [1.807, 2.05) is 0 Å². The summed E-state index contributed by atoms with van der Waals surface area (Å²) in [7, 11) is 0. The first-order chi connectivity index (χ1) is 8.24. The SMILES string of the molecule is Nc1cnc(N2CCC(O)CC2)c(C2CC2)c1. The molecule has 1 aliphatic carbocycles. The van der Waals surface area contributed by atoms with E-state index in [0.717, 1.165) is 37.4 Å². The van der Waals surface area contributed by atoms with Gasteiger partial charge in [-0.1, -0.05) is 0 Å². The molecule has 4 heteroatoms. The van der Waals surface area contributed by atoms with Crippen molar-refractivity contribution in [2.24, 2.45) is 0 Å². The van der Waals surface area contributed by atoms with E-state index in [1.54, 1.807) is 6.20 Å². The van der Waals surface area contributed by atoms with Crippen LogP contribution in [0.2, 0.25) is 0 Å². The summed E-state index contributed by atoms with van der Waals surface area (Å²) < 4.78 is 0. The molecule has 92 valence electrons. The Labute approximate surface area is 101 Å². The minimum Gasteiger partial charge on any atom is -0.397 e. The van der Waals surface area contributed by atoms with Gasteiger partial charge in [0.25, 0.3) is 0 Å². The Balaban J connectivity index is 1.86. The molecule has 2 aliphatic rings. The van der Waals surface area contributed by atoms with Gasteiger partial charge in [-0.15, -0.1) is 0 Å². The topological polar surface area (TPSA) is 62.4 Å². The summed E-state index contributed by atoms with van der Waals surface area (Å²) in [6.07, 6.45) is 5.81. The Bertz CT molecular complexity index is 409. The number of aliphatic hydroxyl groups is 1. The molecule has 17 heavy (non-hydrogen) atoms. The molecule has 1 aromatic rings. The Hall–Kier alpha value is -1.29. The zero-order chi connectivity index (χ0) is 11.8. The van der Waals surface area contributed by atoms with Gasteiger partial charge in [-0.25, -0.2) is 4.98 Å². The number of anilines is 2. The van der Waals surface area contributed by atoms with Crippen LogP contribution in [0.5, 0.6) is 0 Å². The average molecular weight is 233 g/mol. The Morgan fingerprint density at radius 1 is 1.24 bits per heavy atom. The van der Waals surface area contributed by atoms with E-state index < -0.39 is 0 Å². The maximum absolute atomic E-state index is 9.54. The molecule has 0 spiro atoms. The molecule has 0 bridgehead atoms. The first-order valence-corrected chi connectivity index (χ1v) is 6.42.